The average Bonchev–Trinajstić information content (AvgIpc) is 2.66. The first-order chi connectivity index (χ1) is 13.1. The van der Waals surface area contributed by atoms with Gasteiger partial charge in [0, 0.05) is 23.9 Å². The van der Waals surface area contributed by atoms with E-state index in [0.29, 0.717) is 37.7 Å². The Hall–Kier alpha value is -2.64. The molecule has 1 amide bonds. The summed E-state index contributed by atoms with van der Waals surface area (Å²) in [5, 5.41) is 5.84. The monoisotopic (exact) mass is 388 g/mol. The Morgan fingerprint density at radius 2 is 1.70 bits per heavy atom. The Kier molecular flexibility index (Phi) is 8.54. The molecule has 7 heteroatoms. The lowest BCUT2D eigenvalue weighted by molar-refractivity contribution is 0.0976. The van der Waals surface area contributed by atoms with Crippen molar-refractivity contribution in [1.82, 2.24) is 5.32 Å². The van der Waals surface area contributed by atoms with Gasteiger partial charge >= 0.3 is 0 Å². The number of ether oxygens (including phenoxy) is 3. The standard InChI is InChI=1S/C20H24N2O4S/c1-3-24-11-12-26-17-9-5-7-15(13-17)19(23)22-20(27)21-16-8-6-10-18(14-16)25-4-2/h5-10,13-14H,3-4,11-12H2,1-2H3,(H2,21,22,23,27). The molecule has 2 aromatic carbocycles. The number of anilines is 1. The highest BCUT2D eigenvalue weighted by Gasteiger charge is 2.09. The molecule has 0 unspecified atom stereocenters. The molecule has 0 aliphatic rings. The molecule has 0 aromatic heterocycles. The van der Waals surface area contributed by atoms with Crippen molar-refractivity contribution in [3.8, 4) is 11.5 Å². The molecule has 2 rings (SSSR count). The Bertz CT molecular complexity index is 767. The molecule has 0 radical (unpaired) electrons. The third-order valence-corrected chi connectivity index (χ3v) is 3.63. The van der Waals surface area contributed by atoms with Gasteiger partial charge in [-0.25, -0.2) is 0 Å². The predicted octanol–water partition coefficient (Wildman–Crippen LogP) is 3.63. The van der Waals surface area contributed by atoms with Gasteiger partial charge < -0.3 is 19.5 Å². The van der Waals surface area contributed by atoms with E-state index in [1.54, 1.807) is 24.3 Å². The van der Waals surface area contributed by atoms with E-state index in [4.69, 9.17) is 26.4 Å². The van der Waals surface area contributed by atoms with Crippen LogP contribution in [0.3, 0.4) is 0 Å². The lowest BCUT2D eigenvalue weighted by atomic mass is 10.2. The van der Waals surface area contributed by atoms with Crippen LogP contribution in [0.2, 0.25) is 0 Å². The molecule has 2 N–H and O–H groups in total. The second-order valence-electron chi connectivity index (χ2n) is 5.44. The van der Waals surface area contributed by atoms with Crippen molar-refractivity contribution >= 4 is 28.9 Å². The number of thiocarbonyl (C=S) groups is 1. The SMILES string of the molecule is CCOCCOc1cccc(C(=O)NC(=S)Nc2cccc(OCC)c2)c1. The van der Waals surface area contributed by atoms with Gasteiger partial charge in [-0.3, -0.25) is 10.1 Å². The molecule has 0 bridgehead atoms. The van der Waals surface area contributed by atoms with E-state index in [9.17, 15) is 4.79 Å². The quantitative estimate of drug-likeness (QED) is 0.505. The van der Waals surface area contributed by atoms with Crippen LogP contribution in [0.15, 0.2) is 48.5 Å². The molecule has 0 saturated heterocycles. The summed E-state index contributed by atoms with van der Waals surface area (Å²) in [6.45, 7) is 5.99. The lowest BCUT2D eigenvalue weighted by Gasteiger charge is -2.12. The number of carbonyl (C=O) groups is 1. The molecule has 27 heavy (non-hydrogen) atoms. The van der Waals surface area contributed by atoms with Crippen molar-refractivity contribution in [2.45, 2.75) is 13.8 Å². The second-order valence-corrected chi connectivity index (χ2v) is 5.85. The van der Waals surface area contributed by atoms with Crippen LogP contribution in [0.1, 0.15) is 24.2 Å². The number of amides is 1. The first kappa shape index (κ1) is 20.7. The maximum Gasteiger partial charge on any atom is 0.257 e. The van der Waals surface area contributed by atoms with Crippen LogP contribution >= 0.6 is 12.2 Å². The summed E-state index contributed by atoms with van der Waals surface area (Å²) < 4.78 is 16.2. The Balaban J connectivity index is 1.90. The molecule has 144 valence electrons. The van der Waals surface area contributed by atoms with Gasteiger partial charge in [0.2, 0.25) is 0 Å². The Labute approximate surface area is 164 Å². The smallest absolute Gasteiger partial charge is 0.257 e. The van der Waals surface area contributed by atoms with E-state index < -0.39 is 0 Å². The summed E-state index contributed by atoms with van der Waals surface area (Å²) in [5.74, 6) is 1.02. The van der Waals surface area contributed by atoms with Gasteiger partial charge in [-0.1, -0.05) is 12.1 Å². The number of carbonyl (C=O) groups excluding carboxylic acids is 1. The van der Waals surface area contributed by atoms with Crippen LogP contribution in [-0.4, -0.2) is 37.4 Å². The Morgan fingerprint density at radius 1 is 0.963 bits per heavy atom. The van der Waals surface area contributed by atoms with Crippen molar-refractivity contribution in [2.24, 2.45) is 0 Å². The number of nitrogens with one attached hydrogen (secondary N) is 2. The topological polar surface area (TPSA) is 68.8 Å². The third kappa shape index (κ3) is 7.24. The maximum atomic E-state index is 12.4. The zero-order chi connectivity index (χ0) is 19.5. The van der Waals surface area contributed by atoms with E-state index in [1.165, 1.54) is 0 Å². The normalized spacial score (nSPS) is 10.1. The molecule has 0 heterocycles. The fourth-order valence-corrected chi connectivity index (χ4v) is 2.47. The molecular formula is C20H24N2O4S. The zero-order valence-corrected chi connectivity index (χ0v) is 16.3. The molecule has 0 aliphatic heterocycles. The van der Waals surface area contributed by atoms with Gasteiger partial charge in [-0.05, 0) is 56.4 Å². The third-order valence-electron chi connectivity index (χ3n) is 3.43. The highest BCUT2D eigenvalue weighted by molar-refractivity contribution is 7.80. The Morgan fingerprint density at radius 3 is 2.44 bits per heavy atom. The fraction of sp³-hybridized carbons (Fsp3) is 0.300. The van der Waals surface area contributed by atoms with Gasteiger partial charge in [-0.15, -0.1) is 0 Å². The second kappa shape index (κ2) is 11.2. The molecule has 6 nitrogen and oxygen atoms in total. The summed E-state index contributed by atoms with van der Waals surface area (Å²) in [5.41, 5.74) is 1.19. The fourth-order valence-electron chi connectivity index (χ4n) is 2.26. The van der Waals surface area contributed by atoms with E-state index in [-0.39, 0.29) is 11.0 Å². The van der Waals surface area contributed by atoms with Gasteiger partial charge in [0.1, 0.15) is 18.1 Å². The molecule has 0 spiro atoms. The zero-order valence-electron chi connectivity index (χ0n) is 15.5. The van der Waals surface area contributed by atoms with Crippen LogP contribution in [0.5, 0.6) is 11.5 Å². The molecule has 0 saturated carbocycles. The summed E-state index contributed by atoms with van der Waals surface area (Å²) in [7, 11) is 0. The van der Waals surface area contributed by atoms with Crippen molar-refractivity contribution in [2.75, 3.05) is 31.7 Å². The van der Waals surface area contributed by atoms with Crippen LogP contribution in [0.4, 0.5) is 5.69 Å². The van der Waals surface area contributed by atoms with E-state index >= 15 is 0 Å². The van der Waals surface area contributed by atoms with Gasteiger partial charge in [0.05, 0.1) is 13.2 Å². The molecule has 0 atom stereocenters. The highest BCUT2D eigenvalue weighted by Crippen LogP contribution is 2.17. The minimum atomic E-state index is -0.316. The van der Waals surface area contributed by atoms with Crippen LogP contribution in [0, 0.1) is 0 Å². The number of hydrogen-bond acceptors (Lipinski definition) is 5. The molecular weight excluding hydrogens is 364 g/mol. The van der Waals surface area contributed by atoms with E-state index in [2.05, 4.69) is 10.6 Å². The molecule has 0 aliphatic carbocycles. The number of benzene rings is 2. The predicted molar refractivity (Wildman–Crippen MR) is 110 cm³/mol. The summed E-state index contributed by atoms with van der Waals surface area (Å²) in [6, 6.07) is 14.3. The number of rotatable bonds is 9. The van der Waals surface area contributed by atoms with Crippen molar-refractivity contribution in [3.05, 3.63) is 54.1 Å². The first-order valence-corrected chi connectivity index (χ1v) is 9.19. The minimum absolute atomic E-state index is 0.205. The van der Waals surface area contributed by atoms with Crippen LogP contribution in [-0.2, 0) is 4.74 Å². The maximum absolute atomic E-state index is 12.4. The highest BCUT2D eigenvalue weighted by atomic mass is 32.1. The average molecular weight is 388 g/mol. The van der Waals surface area contributed by atoms with Gasteiger partial charge in [0.25, 0.3) is 5.91 Å². The first-order valence-electron chi connectivity index (χ1n) is 8.78. The van der Waals surface area contributed by atoms with Crippen LogP contribution < -0.4 is 20.1 Å². The van der Waals surface area contributed by atoms with Gasteiger partial charge in [0.15, 0.2) is 5.11 Å². The van der Waals surface area contributed by atoms with Crippen molar-refractivity contribution < 1.29 is 19.0 Å². The molecule has 0 fully saturated rings. The summed E-state index contributed by atoms with van der Waals surface area (Å²) >= 11 is 5.22. The number of hydrogen-bond donors (Lipinski definition) is 2. The minimum Gasteiger partial charge on any atom is -0.494 e. The van der Waals surface area contributed by atoms with Gasteiger partial charge in [-0.2, -0.15) is 0 Å². The lowest BCUT2D eigenvalue weighted by Crippen LogP contribution is -2.34. The summed E-state index contributed by atoms with van der Waals surface area (Å²) in [6.07, 6.45) is 0. The van der Waals surface area contributed by atoms with Crippen molar-refractivity contribution in [1.29, 1.82) is 0 Å². The van der Waals surface area contributed by atoms with Crippen molar-refractivity contribution in [3.63, 3.8) is 0 Å². The van der Waals surface area contributed by atoms with Crippen LogP contribution in [0.25, 0.3) is 0 Å². The van der Waals surface area contributed by atoms with E-state index in [1.807, 2.05) is 38.1 Å². The summed E-state index contributed by atoms with van der Waals surface area (Å²) in [4.78, 5) is 12.4. The molecule has 2 aromatic rings. The van der Waals surface area contributed by atoms with E-state index in [0.717, 1.165) is 11.4 Å². The largest absolute Gasteiger partial charge is 0.494 e.